The Balaban J connectivity index is 1.61. The van der Waals surface area contributed by atoms with Gasteiger partial charge < -0.3 is 14.8 Å². The first-order valence-electron chi connectivity index (χ1n) is 8.65. The molecule has 0 amide bonds. The Kier molecular flexibility index (Phi) is 5.00. The summed E-state index contributed by atoms with van der Waals surface area (Å²) in [5.74, 6) is 1.82. The Morgan fingerprint density at radius 1 is 1.20 bits per heavy atom. The van der Waals surface area contributed by atoms with Gasteiger partial charge in [0.15, 0.2) is 0 Å². The van der Waals surface area contributed by atoms with Gasteiger partial charge in [0.2, 0.25) is 0 Å². The molecule has 2 saturated carbocycles. The molecule has 0 radical (unpaired) electrons. The number of hydrogen-bond acceptors (Lipinski definition) is 3. The van der Waals surface area contributed by atoms with Gasteiger partial charge in [0, 0.05) is 32.2 Å². The van der Waals surface area contributed by atoms with Gasteiger partial charge in [-0.3, -0.25) is 0 Å². The van der Waals surface area contributed by atoms with Crippen molar-refractivity contribution in [2.24, 2.45) is 17.3 Å². The highest BCUT2D eigenvalue weighted by Crippen LogP contribution is 2.51. The van der Waals surface area contributed by atoms with Crippen LogP contribution in [-0.2, 0) is 9.47 Å². The molecule has 2 unspecified atom stereocenters. The van der Waals surface area contributed by atoms with Crippen molar-refractivity contribution in [1.29, 1.82) is 0 Å². The molecule has 2 aliphatic carbocycles. The molecule has 2 atom stereocenters. The lowest BCUT2D eigenvalue weighted by Gasteiger charge is -2.37. The predicted molar refractivity (Wildman–Crippen MR) is 80.8 cm³/mol. The first-order chi connectivity index (χ1) is 9.84. The minimum absolute atomic E-state index is 0.421. The van der Waals surface area contributed by atoms with Crippen molar-refractivity contribution in [2.45, 2.75) is 57.5 Å². The third kappa shape index (κ3) is 3.37. The molecule has 3 aliphatic rings. The van der Waals surface area contributed by atoms with E-state index in [2.05, 4.69) is 5.32 Å². The van der Waals surface area contributed by atoms with Gasteiger partial charge in [0.1, 0.15) is 0 Å². The first kappa shape index (κ1) is 14.8. The fourth-order valence-corrected chi connectivity index (χ4v) is 4.52. The van der Waals surface area contributed by atoms with Crippen molar-refractivity contribution < 1.29 is 9.47 Å². The van der Waals surface area contributed by atoms with Crippen molar-refractivity contribution in [3.8, 4) is 0 Å². The molecule has 3 rings (SSSR count). The molecular weight excluding hydrogens is 250 g/mol. The van der Waals surface area contributed by atoms with Crippen LogP contribution in [0.15, 0.2) is 0 Å². The zero-order valence-electron chi connectivity index (χ0n) is 13.0. The van der Waals surface area contributed by atoms with Crippen LogP contribution in [-0.4, -0.2) is 39.5 Å². The highest BCUT2D eigenvalue weighted by Gasteiger charge is 2.51. The highest BCUT2D eigenvalue weighted by atomic mass is 16.5. The highest BCUT2D eigenvalue weighted by molar-refractivity contribution is 5.01. The van der Waals surface area contributed by atoms with Crippen LogP contribution in [0.5, 0.6) is 0 Å². The van der Waals surface area contributed by atoms with Crippen LogP contribution in [0.25, 0.3) is 0 Å². The van der Waals surface area contributed by atoms with Gasteiger partial charge in [0.05, 0.1) is 12.7 Å². The monoisotopic (exact) mass is 281 g/mol. The zero-order chi connectivity index (χ0) is 13.8. The Morgan fingerprint density at radius 2 is 2.00 bits per heavy atom. The van der Waals surface area contributed by atoms with Crippen molar-refractivity contribution >= 4 is 0 Å². The number of methoxy groups -OCH3 is 1. The van der Waals surface area contributed by atoms with Crippen LogP contribution in [0.4, 0.5) is 0 Å². The average Bonchev–Trinajstić information content (AvgIpc) is 3.01. The molecule has 3 nitrogen and oxygen atoms in total. The second kappa shape index (κ2) is 6.76. The van der Waals surface area contributed by atoms with Crippen molar-refractivity contribution in [2.75, 3.05) is 33.4 Å². The zero-order valence-corrected chi connectivity index (χ0v) is 13.0. The molecule has 0 aromatic carbocycles. The van der Waals surface area contributed by atoms with Crippen LogP contribution >= 0.6 is 0 Å². The molecule has 0 aromatic rings. The van der Waals surface area contributed by atoms with Crippen LogP contribution in [0.3, 0.4) is 0 Å². The topological polar surface area (TPSA) is 30.5 Å². The normalized spacial score (nSPS) is 35.0. The number of rotatable bonds is 8. The first-order valence-corrected chi connectivity index (χ1v) is 8.65. The Bertz CT molecular complexity index is 299. The molecule has 1 N–H and O–H groups in total. The molecule has 116 valence electrons. The van der Waals surface area contributed by atoms with E-state index in [4.69, 9.17) is 9.47 Å². The van der Waals surface area contributed by atoms with Crippen molar-refractivity contribution in [3.63, 3.8) is 0 Å². The van der Waals surface area contributed by atoms with E-state index in [9.17, 15) is 0 Å². The fraction of sp³-hybridized carbons (Fsp3) is 1.00. The number of ether oxygens (including phenoxy) is 2. The summed E-state index contributed by atoms with van der Waals surface area (Å²) in [6.45, 7) is 3.91. The van der Waals surface area contributed by atoms with E-state index < -0.39 is 0 Å². The van der Waals surface area contributed by atoms with E-state index in [1.807, 2.05) is 0 Å². The van der Waals surface area contributed by atoms with Gasteiger partial charge in [-0.25, -0.2) is 0 Å². The van der Waals surface area contributed by atoms with E-state index in [1.54, 1.807) is 7.11 Å². The van der Waals surface area contributed by atoms with Crippen LogP contribution < -0.4 is 5.32 Å². The summed E-state index contributed by atoms with van der Waals surface area (Å²) in [5.41, 5.74) is 0.421. The van der Waals surface area contributed by atoms with E-state index in [-0.39, 0.29) is 0 Å². The van der Waals surface area contributed by atoms with Crippen molar-refractivity contribution in [3.05, 3.63) is 0 Å². The second-order valence-corrected chi connectivity index (χ2v) is 7.27. The van der Waals surface area contributed by atoms with E-state index in [1.165, 1.54) is 51.4 Å². The SMILES string of the molecule is COCCNCC1(CC2CCCC2)CCOC1C1CC1. The Labute approximate surface area is 123 Å². The van der Waals surface area contributed by atoms with E-state index >= 15 is 0 Å². The summed E-state index contributed by atoms with van der Waals surface area (Å²) in [5, 5.41) is 3.65. The average molecular weight is 281 g/mol. The largest absolute Gasteiger partial charge is 0.383 e. The summed E-state index contributed by atoms with van der Waals surface area (Å²) in [6, 6.07) is 0. The van der Waals surface area contributed by atoms with Gasteiger partial charge in [-0.15, -0.1) is 0 Å². The molecule has 0 aromatic heterocycles. The Hall–Kier alpha value is -0.120. The lowest BCUT2D eigenvalue weighted by atomic mass is 9.72. The van der Waals surface area contributed by atoms with E-state index in [0.717, 1.165) is 38.1 Å². The van der Waals surface area contributed by atoms with Gasteiger partial charge in [0.25, 0.3) is 0 Å². The predicted octanol–water partition coefficient (Wildman–Crippen LogP) is 2.99. The molecule has 0 bridgehead atoms. The Morgan fingerprint density at radius 3 is 2.70 bits per heavy atom. The molecule has 1 aliphatic heterocycles. The summed E-state index contributed by atoms with van der Waals surface area (Å²) >= 11 is 0. The third-order valence-corrected chi connectivity index (χ3v) is 5.68. The number of hydrogen-bond donors (Lipinski definition) is 1. The maximum Gasteiger partial charge on any atom is 0.0672 e. The summed E-state index contributed by atoms with van der Waals surface area (Å²) in [4.78, 5) is 0. The maximum absolute atomic E-state index is 6.19. The quantitative estimate of drug-likeness (QED) is 0.694. The van der Waals surface area contributed by atoms with Crippen LogP contribution in [0.1, 0.15) is 51.4 Å². The third-order valence-electron chi connectivity index (χ3n) is 5.68. The minimum atomic E-state index is 0.421. The minimum Gasteiger partial charge on any atom is -0.383 e. The molecular formula is C17H31NO2. The summed E-state index contributed by atoms with van der Waals surface area (Å²) in [6.07, 6.45) is 11.8. The molecule has 1 heterocycles. The number of nitrogens with one attached hydrogen (secondary N) is 1. The fourth-order valence-electron chi connectivity index (χ4n) is 4.52. The second-order valence-electron chi connectivity index (χ2n) is 7.27. The standard InChI is InChI=1S/C17H31NO2/c1-19-11-9-18-13-17(12-14-4-2-3-5-14)8-10-20-16(17)15-6-7-15/h14-16,18H,2-13H2,1H3. The molecule has 1 saturated heterocycles. The molecule has 0 spiro atoms. The van der Waals surface area contributed by atoms with Crippen LogP contribution in [0.2, 0.25) is 0 Å². The van der Waals surface area contributed by atoms with Gasteiger partial charge >= 0.3 is 0 Å². The summed E-state index contributed by atoms with van der Waals surface area (Å²) < 4.78 is 11.4. The smallest absolute Gasteiger partial charge is 0.0672 e. The molecule has 3 heteroatoms. The van der Waals surface area contributed by atoms with Gasteiger partial charge in [-0.05, 0) is 37.5 Å². The molecule has 20 heavy (non-hydrogen) atoms. The molecule has 3 fully saturated rings. The van der Waals surface area contributed by atoms with Gasteiger partial charge in [-0.2, -0.15) is 0 Å². The lowest BCUT2D eigenvalue weighted by Crippen LogP contribution is -2.43. The van der Waals surface area contributed by atoms with Crippen LogP contribution in [0, 0.1) is 17.3 Å². The van der Waals surface area contributed by atoms with Gasteiger partial charge in [-0.1, -0.05) is 25.7 Å². The lowest BCUT2D eigenvalue weighted by molar-refractivity contribution is 0.0182. The van der Waals surface area contributed by atoms with E-state index in [0.29, 0.717) is 11.5 Å². The maximum atomic E-state index is 6.19. The van der Waals surface area contributed by atoms with Crippen molar-refractivity contribution in [1.82, 2.24) is 5.32 Å². The summed E-state index contributed by atoms with van der Waals surface area (Å²) in [7, 11) is 1.78.